The maximum Gasteiger partial charge on any atom is 0.290 e. The number of nitrogens with zero attached hydrogens (tertiary/aromatic N) is 3. The molecular weight excluding hydrogens is 420 g/mol. The number of hydrogen-bond donors (Lipinski definition) is 1. The lowest BCUT2D eigenvalue weighted by atomic mass is 10.1. The Morgan fingerprint density at radius 2 is 2.00 bits per heavy atom. The first-order chi connectivity index (χ1) is 13.5. The van der Waals surface area contributed by atoms with E-state index in [1.165, 1.54) is 0 Å². The summed E-state index contributed by atoms with van der Waals surface area (Å²) in [4.78, 5) is 31.6. The highest BCUT2D eigenvalue weighted by Crippen LogP contribution is 2.23. The molecule has 0 saturated heterocycles. The molecule has 2 aromatic carbocycles. The highest BCUT2D eigenvalue weighted by molar-refractivity contribution is 9.10. The van der Waals surface area contributed by atoms with E-state index < -0.39 is 0 Å². The van der Waals surface area contributed by atoms with Crippen LogP contribution in [0.15, 0.2) is 46.9 Å². The molecule has 0 aliphatic carbocycles. The van der Waals surface area contributed by atoms with Gasteiger partial charge in [-0.2, -0.15) is 0 Å². The van der Waals surface area contributed by atoms with Gasteiger partial charge < -0.3 is 14.8 Å². The van der Waals surface area contributed by atoms with Gasteiger partial charge in [0.25, 0.3) is 11.8 Å². The number of aromatic nitrogens is 2. The Bertz CT molecular complexity index is 1070. The lowest BCUT2D eigenvalue weighted by Gasteiger charge is -2.30. The van der Waals surface area contributed by atoms with Crippen molar-refractivity contribution in [3.05, 3.63) is 63.9 Å². The summed E-state index contributed by atoms with van der Waals surface area (Å²) >= 11 is 3.49. The van der Waals surface area contributed by atoms with Crippen LogP contribution in [-0.4, -0.2) is 38.9 Å². The van der Waals surface area contributed by atoms with Crippen LogP contribution >= 0.6 is 15.9 Å². The van der Waals surface area contributed by atoms with E-state index in [1.807, 2.05) is 53.6 Å². The number of rotatable bonds is 4. The third-order valence-electron chi connectivity index (χ3n) is 5.05. The number of fused-ring (bicyclic) bond motifs is 3. The first-order valence-electron chi connectivity index (χ1n) is 9.28. The Hall–Kier alpha value is -2.67. The van der Waals surface area contributed by atoms with E-state index in [1.54, 1.807) is 12.1 Å². The quantitative estimate of drug-likeness (QED) is 0.673. The zero-order valence-electron chi connectivity index (χ0n) is 15.8. The summed E-state index contributed by atoms with van der Waals surface area (Å²) in [5.41, 5.74) is 3.09. The number of benzene rings is 2. The Morgan fingerprint density at radius 1 is 1.21 bits per heavy atom. The van der Waals surface area contributed by atoms with Crippen molar-refractivity contribution in [3.63, 3.8) is 0 Å². The van der Waals surface area contributed by atoms with Crippen LogP contribution in [0.5, 0.6) is 0 Å². The minimum Gasteiger partial charge on any atom is -0.348 e. The SMILES string of the molecule is CC(C)N1CCn2c(nc3cc(C(=O)NCc4ccccc4Br)ccc32)C1=O. The predicted octanol–water partition coefficient (Wildman–Crippen LogP) is 3.59. The van der Waals surface area contributed by atoms with E-state index in [2.05, 4.69) is 26.2 Å². The van der Waals surface area contributed by atoms with E-state index in [0.717, 1.165) is 15.6 Å². The molecule has 144 valence electrons. The number of imidazole rings is 1. The van der Waals surface area contributed by atoms with Gasteiger partial charge in [0.05, 0.1) is 11.0 Å². The molecule has 4 rings (SSSR count). The maximum atomic E-state index is 12.7. The van der Waals surface area contributed by atoms with Crippen molar-refractivity contribution in [1.29, 1.82) is 0 Å². The van der Waals surface area contributed by atoms with Crippen molar-refractivity contribution in [2.45, 2.75) is 33.0 Å². The number of hydrogen-bond acceptors (Lipinski definition) is 3. The van der Waals surface area contributed by atoms with Gasteiger partial charge in [-0.05, 0) is 43.7 Å². The van der Waals surface area contributed by atoms with Crippen LogP contribution in [0.1, 0.15) is 40.4 Å². The van der Waals surface area contributed by atoms with Crippen LogP contribution in [-0.2, 0) is 13.1 Å². The Morgan fingerprint density at radius 3 is 2.75 bits per heavy atom. The Balaban J connectivity index is 1.58. The van der Waals surface area contributed by atoms with Crippen molar-refractivity contribution in [3.8, 4) is 0 Å². The second kappa shape index (κ2) is 7.39. The third-order valence-corrected chi connectivity index (χ3v) is 5.82. The molecule has 0 bridgehead atoms. The molecule has 1 aliphatic rings. The zero-order chi connectivity index (χ0) is 19.8. The molecule has 1 N–H and O–H groups in total. The second-order valence-electron chi connectivity index (χ2n) is 7.16. The van der Waals surface area contributed by atoms with Gasteiger partial charge in [-0.1, -0.05) is 34.1 Å². The predicted molar refractivity (Wildman–Crippen MR) is 111 cm³/mol. The average Bonchev–Trinajstić information content (AvgIpc) is 3.06. The molecule has 6 nitrogen and oxygen atoms in total. The minimum atomic E-state index is -0.168. The number of halogens is 1. The fourth-order valence-electron chi connectivity index (χ4n) is 3.51. The molecule has 0 unspecified atom stereocenters. The molecule has 0 saturated carbocycles. The molecule has 3 aromatic rings. The van der Waals surface area contributed by atoms with Gasteiger partial charge in [-0.15, -0.1) is 0 Å². The van der Waals surface area contributed by atoms with Crippen molar-refractivity contribution < 1.29 is 9.59 Å². The highest BCUT2D eigenvalue weighted by Gasteiger charge is 2.29. The van der Waals surface area contributed by atoms with Crippen LogP contribution in [0.25, 0.3) is 11.0 Å². The lowest BCUT2D eigenvalue weighted by molar-refractivity contribution is 0.0643. The van der Waals surface area contributed by atoms with Crippen LogP contribution in [0, 0.1) is 0 Å². The topological polar surface area (TPSA) is 67.2 Å². The first-order valence-corrected chi connectivity index (χ1v) is 10.1. The van der Waals surface area contributed by atoms with Gasteiger partial charge in [0.15, 0.2) is 5.82 Å². The summed E-state index contributed by atoms with van der Waals surface area (Å²) < 4.78 is 2.90. The number of carbonyl (C=O) groups excluding carboxylic acids is 2. The van der Waals surface area contributed by atoms with Gasteiger partial charge in [0, 0.05) is 35.7 Å². The lowest BCUT2D eigenvalue weighted by Crippen LogP contribution is -2.44. The Labute approximate surface area is 171 Å². The van der Waals surface area contributed by atoms with Crippen molar-refractivity contribution in [2.75, 3.05) is 6.54 Å². The van der Waals surface area contributed by atoms with E-state index >= 15 is 0 Å². The maximum absolute atomic E-state index is 12.7. The molecule has 1 aliphatic heterocycles. The molecule has 2 heterocycles. The first kappa shape index (κ1) is 18.7. The molecule has 1 aromatic heterocycles. The molecule has 2 amide bonds. The molecule has 0 radical (unpaired) electrons. The number of amides is 2. The molecule has 0 fully saturated rings. The summed E-state index contributed by atoms with van der Waals surface area (Å²) in [5, 5.41) is 2.93. The van der Waals surface area contributed by atoms with Gasteiger partial charge in [0.1, 0.15) is 0 Å². The summed E-state index contributed by atoms with van der Waals surface area (Å²) in [6.07, 6.45) is 0. The van der Waals surface area contributed by atoms with Crippen LogP contribution in [0.2, 0.25) is 0 Å². The zero-order valence-corrected chi connectivity index (χ0v) is 17.4. The second-order valence-corrected chi connectivity index (χ2v) is 8.01. The molecule has 28 heavy (non-hydrogen) atoms. The fourth-order valence-corrected chi connectivity index (χ4v) is 3.94. The number of nitrogens with one attached hydrogen (secondary N) is 1. The summed E-state index contributed by atoms with van der Waals surface area (Å²) in [7, 11) is 0. The van der Waals surface area contributed by atoms with Gasteiger partial charge in [-0.25, -0.2) is 4.98 Å². The highest BCUT2D eigenvalue weighted by atomic mass is 79.9. The van der Waals surface area contributed by atoms with Crippen molar-refractivity contribution in [1.82, 2.24) is 19.8 Å². The summed E-state index contributed by atoms with van der Waals surface area (Å²) in [6.45, 7) is 5.82. The van der Waals surface area contributed by atoms with Crippen molar-refractivity contribution >= 4 is 38.8 Å². The summed E-state index contributed by atoms with van der Waals surface area (Å²) in [5.74, 6) is 0.219. The van der Waals surface area contributed by atoms with Gasteiger partial charge >= 0.3 is 0 Å². The largest absolute Gasteiger partial charge is 0.348 e. The minimum absolute atomic E-state index is 0.0580. The smallest absolute Gasteiger partial charge is 0.290 e. The van der Waals surface area contributed by atoms with E-state index in [0.29, 0.717) is 36.5 Å². The third kappa shape index (κ3) is 3.30. The number of carbonyl (C=O) groups is 2. The molecule has 0 atom stereocenters. The molecule has 7 heteroatoms. The van der Waals surface area contributed by atoms with Crippen LogP contribution in [0.4, 0.5) is 0 Å². The summed E-state index contributed by atoms with van der Waals surface area (Å²) in [6, 6.07) is 13.3. The van der Waals surface area contributed by atoms with E-state index in [4.69, 9.17) is 0 Å². The average molecular weight is 441 g/mol. The van der Waals surface area contributed by atoms with Crippen LogP contribution in [0.3, 0.4) is 0 Å². The normalized spacial score (nSPS) is 13.9. The van der Waals surface area contributed by atoms with Gasteiger partial charge in [0.2, 0.25) is 0 Å². The van der Waals surface area contributed by atoms with Gasteiger partial charge in [-0.3, -0.25) is 9.59 Å². The van der Waals surface area contributed by atoms with E-state index in [-0.39, 0.29) is 17.9 Å². The Kier molecular flexibility index (Phi) is 4.93. The molecular formula is C21H21BrN4O2. The standard InChI is InChI=1S/C21H21BrN4O2/c1-13(2)25-9-10-26-18-8-7-14(11-17(18)24-19(26)21(25)28)20(27)23-12-15-5-3-4-6-16(15)22/h3-8,11,13H,9-10,12H2,1-2H3,(H,23,27). The van der Waals surface area contributed by atoms with Crippen LogP contribution < -0.4 is 5.32 Å². The van der Waals surface area contributed by atoms with Crippen molar-refractivity contribution in [2.24, 2.45) is 0 Å². The molecule has 0 spiro atoms. The van der Waals surface area contributed by atoms with E-state index in [9.17, 15) is 9.59 Å². The fraction of sp³-hybridized carbons (Fsp3) is 0.286. The monoisotopic (exact) mass is 440 g/mol.